The van der Waals surface area contributed by atoms with Crippen molar-refractivity contribution in [2.45, 2.75) is 19.6 Å². The molecule has 152 valence electrons. The number of aromatic nitrogens is 3. The molecule has 8 heteroatoms. The molecule has 0 spiro atoms. The third-order valence-electron chi connectivity index (χ3n) is 4.46. The molecular formula is C21H22Cl2N4O2. The molecule has 29 heavy (non-hydrogen) atoms. The second-order valence-electron chi connectivity index (χ2n) is 6.42. The van der Waals surface area contributed by atoms with E-state index in [9.17, 15) is 0 Å². The lowest BCUT2D eigenvalue weighted by Crippen LogP contribution is -2.08. The van der Waals surface area contributed by atoms with Gasteiger partial charge >= 0.3 is 0 Å². The molecule has 0 aliphatic rings. The summed E-state index contributed by atoms with van der Waals surface area (Å²) in [5.74, 6) is 0.718. The molecule has 0 saturated heterocycles. The first-order valence-electron chi connectivity index (χ1n) is 8.98. The maximum atomic E-state index is 6.48. The fraction of sp³-hybridized carbons (Fsp3) is 0.238. The molecular weight excluding hydrogens is 411 g/mol. The molecule has 0 aliphatic carbocycles. The second kappa shape index (κ2) is 9.31. The van der Waals surface area contributed by atoms with Crippen molar-refractivity contribution >= 4 is 35.1 Å². The van der Waals surface area contributed by atoms with Gasteiger partial charge in [0.1, 0.15) is 6.10 Å². The van der Waals surface area contributed by atoms with E-state index in [1.807, 2.05) is 25.3 Å². The lowest BCUT2D eigenvalue weighted by molar-refractivity contribution is 0.183. The van der Waals surface area contributed by atoms with E-state index < -0.39 is 6.10 Å². The van der Waals surface area contributed by atoms with Crippen LogP contribution in [0.2, 0.25) is 10.0 Å². The molecule has 3 aromatic rings. The molecule has 2 heterocycles. The quantitative estimate of drug-likeness (QED) is 0.524. The number of anilines is 1. The minimum Gasteiger partial charge on any atom is -0.482 e. The number of hydrogen-bond donors (Lipinski definition) is 1. The zero-order chi connectivity index (χ0) is 21.0. The number of rotatable bonds is 8. The summed E-state index contributed by atoms with van der Waals surface area (Å²) >= 11 is 12.8. The smallest absolute Gasteiger partial charge is 0.166 e. The molecule has 1 aromatic carbocycles. The standard InChI is InChI=1S/C21H22Cl2N4O2/c1-4-14-5-6-17(22)19(20(14)23)13(2)29-18-9-15(10-25-21(18)24)16-11-26-27(12-16)7-8-28-3/h4-6,9-13H,1,7-8H2,2-3H3,(H2,24,25). The van der Waals surface area contributed by atoms with Crippen LogP contribution in [-0.4, -0.2) is 28.5 Å². The van der Waals surface area contributed by atoms with Crippen LogP contribution in [0.5, 0.6) is 5.75 Å². The Balaban J connectivity index is 1.88. The van der Waals surface area contributed by atoms with Crippen molar-refractivity contribution in [1.82, 2.24) is 14.8 Å². The fourth-order valence-corrected chi connectivity index (χ4v) is 3.65. The summed E-state index contributed by atoms with van der Waals surface area (Å²) in [4.78, 5) is 4.26. The van der Waals surface area contributed by atoms with E-state index in [1.165, 1.54) is 0 Å². The molecule has 6 nitrogen and oxygen atoms in total. The first kappa shape index (κ1) is 21.2. The maximum Gasteiger partial charge on any atom is 0.166 e. The average Bonchev–Trinajstić information content (AvgIpc) is 3.17. The maximum absolute atomic E-state index is 6.48. The van der Waals surface area contributed by atoms with Crippen molar-refractivity contribution in [2.75, 3.05) is 19.5 Å². The number of methoxy groups -OCH3 is 1. The second-order valence-corrected chi connectivity index (χ2v) is 7.21. The summed E-state index contributed by atoms with van der Waals surface area (Å²) in [7, 11) is 1.66. The van der Waals surface area contributed by atoms with Crippen LogP contribution in [-0.2, 0) is 11.3 Å². The molecule has 0 fully saturated rings. The Bertz CT molecular complexity index is 1020. The number of pyridine rings is 1. The van der Waals surface area contributed by atoms with Crippen LogP contribution in [0.15, 0.2) is 43.4 Å². The van der Waals surface area contributed by atoms with Gasteiger partial charge in [-0.2, -0.15) is 5.10 Å². The van der Waals surface area contributed by atoms with Crippen LogP contribution in [0.1, 0.15) is 24.2 Å². The van der Waals surface area contributed by atoms with Crippen LogP contribution >= 0.6 is 23.2 Å². The van der Waals surface area contributed by atoms with Crippen molar-refractivity contribution in [1.29, 1.82) is 0 Å². The van der Waals surface area contributed by atoms with Gasteiger partial charge in [-0.1, -0.05) is 41.9 Å². The molecule has 0 amide bonds. The van der Waals surface area contributed by atoms with Crippen molar-refractivity contribution < 1.29 is 9.47 Å². The zero-order valence-electron chi connectivity index (χ0n) is 16.2. The number of benzene rings is 1. The van der Waals surface area contributed by atoms with E-state index in [2.05, 4.69) is 16.7 Å². The third kappa shape index (κ3) is 4.72. The summed E-state index contributed by atoms with van der Waals surface area (Å²) in [6.45, 7) is 6.87. The van der Waals surface area contributed by atoms with Crippen LogP contribution in [0.3, 0.4) is 0 Å². The van der Waals surface area contributed by atoms with Gasteiger partial charge in [0.2, 0.25) is 0 Å². The van der Waals surface area contributed by atoms with Crippen LogP contribution in [0.4, 0.5) is 5.82 Å². The summed E-state index contributed by atoms with van der Waals surface area (Å²) in [5, 5.41) is 5.34. The van der Waals surface area contributed by atoms with Gasteiger partial charge in [-0.15, -0.1) is 0 Å². The normalized spacial score (nSPS) is 12.0. The largest absolute Gasteiger partial charge is 0.482 e. The number of hydrogen-bond acceptors (Lipinski definition) is 5. The van der Waals surface area contributed by atoms with Gasteiger partial charge in [0, 0.05) is 41.2 Å². The minimum atomic E-state index is -0.446. The fourth-order valence-electron chi connectivity index (χ4n) is 2.89. The van der Waals surface area contributed by atoms with Crippen molar-refractivity contribution in [2.24, 2.45) is 0 Å². The Morgan fingerprint density at radius 1 is 1.28 bits per heavy atom. The Hall–Kier alpha value is -2.54. The molecule has 0 radical (unpaired) electrons. The predicted molar refractivity (Wildman–Crippen MR) is 117 cm³/mol. The van der Waals surface area contributed by atoms with Crippen LogP contribution in [0, 0.1) is 0 Å². The van der Waals surface area contributed by atoms with Crippen molar-refractivity contribution in [3.63, 3.8) is 0 Å². The van der Waals surface area contributed by atoms with Crippen molar-refractivity contribution in [3.8, 4) is 16.9 Å². The first-order chi connectivity index (χ1) is 13.9. The molecule has 1 atom stereocenters. The third-order valence-corrected chi connectivity index (χ3v) is 5.21. The van der Waals surface area contributed by atoms with E-state index >= 15 is 0 Å². The Morgan fingerprint density at radius 3 is 2.79 bits per heavy atom. The predicted octanol–water partition coefficient (Wildman–Crippen LogP) is 5.26. The van der Waals surface area contributed by atoms with Gasteiger partial charge in [-0.05, 0) is 24.6 Å². The Kier molecular flexibility index (Phi) is 6.79. The molecule has 2 N–H and O–H groups in total. The number of ether oxygens (including phenoxy) is 2. The van der Waals surface area contributed by atoms with Gasteiger partial charge in [-0.25, -0.2) is 4.98 Å². The lowest BCUT2D eigenvalue weighted by Gasteiger charge is -2.20. The van der Waals surface area contributed by atoms with Crippen molar-refractivity contribution in [3.05, 3.63) is 64.5 Å². The highest BCUT2D eigenvalue weighted by molar-refractivity contribution is 6.37. The molecule has 2 aromatic heterocycles. The molecule has 0 aliphatic heterocycles. The first-order valence-corrected chi connectivity index (χ1v) is 9.74. The summed E-state index contributed by atoms with van der Waals surface area (Å²) in [6.07, 6.45) is 6.59. The minimum absolute atomic E-state index is 0.277. The highest BCUT2D eigenvalue weighted by Gasteiger charge is 2.19. The SMILES string of the molecule is C=Cc1ccc(Cl)c(C(C)Oc2cc(-c3cnn(CCOC)c3)cnc2N)c1Cl. The van der Waals surface area contributed by atoms with E-state index in [0.29, 0.717) is 34.5 Å². The highest BCUT2D eigenvalue weighted by Crippen LogP contribution is 2.37. The van der Waals surface area contributed by atoms with E-state index in [4.69, 9.17) is 38.4 Å². The number of nitrogens with zero attached hydrogens (tertiary/aromatic N) is 3. The average molecular weight is 433 g/mol. The van der Waals surface area contributed by atoms with E-state index in [-0.39, 0.29) is 5.82 Å². The molecule has 3 rings (SSSR count). The van der Waals surface area contributed by atoms with Gasteiger partial charge in [0.15, 0.2) is 11.6 Å². The van der Waals surface area contributed by atoms with Gasteiger partial charge in [0.05, 0.1) is 24.4 Å². The Morgan fingerprint density at radius 2 is 2.07 bits per heavy atom. The van der Waals surface area contributed by atoms with E-state index in [0.717, 1.165) is 16.7 Å². The number of halogens is 2. The summed E-state index contributed by atoms with van der Waals surface area (Å²) in [5.41, 5.74) is 9.23. The molecule has 0 bridgehead atoms. The molecule has 1 unspecified atom stereocenters. The number of nitrogens with two attached hydrogens (primary N) is 1. The van der Waals surface area contributed by atoms with Crippen LogP contribution < -0.4 is 10.5 Å². The number of nitrogen functional groups attached to an aromatic ring is 1. The van der Waals surface area contributed by atoms with Gasteiger partial charge < -0.3 is 15.2 Å². The molecule has 0 saturated carbocycles. The summed E-state index contributed by atoms with van der Waals surface area (Å²) in [6, 6.07) is 5.41. The summed E-state index contributed by atoms with van der Waals surface area (Å²) < 4.78 is 13.0. The monoisotopic (exact) mass is 432 g/mol. The topological polar surface area (TPSA) is 75.2 Å². The highest BCUT2D eigenvalue weighted by atomic mass is 35.5. The van der Waals surface area contributed by atoms with Crippen LogP contribution in [0.25, 0.3) is 17.2 Å². The van der Waals surface area contributed by atoms with Gasteiger partial charge in [-0.3, -0.25) is 4.68 Å². The Labute approximate surface area is 179 Å². The lowest BCUT2D eigenvalue weighted by atomic mass is 10.1. The van der Waals surface area contributed by atoms with E-state index in [1.54, 1.807) is 36.3 Å². The zero-order valence-corrected chi connectivity index (χ0v) is 17.7. The van der Waals surface area contributed by atoms with Gasteiger partial charge in [0.25, 0.3) is 0 Å².